The third-order valence-corrected chi connectivity index (χ3v) is 2.07. The number of nitrogens with zero attached hydrogens (tertiary/aromatic N) is 2. The van der Waals surface area contributed by atoms with Crippen LogP contribution in [0.5, 0.6) is 0 Å². The summed E-state index contributed by atoms with van der Waals surface area (Å²) in [6.45, 7) is 1.95. The smallest absolute Gasteiger partial charge is 0.0848 e. The zero-order valence-electron chi connectivity index (χ0n) is 9.67. The number of hydrogen-bond donors (Lipinski definition) is 0. The van der Waals surface area contributed by atoms with Crippen LogP contribution in [-0.4, -0.2) is 0 Å². The van der Waals surface area contributed by atoms with E-state index in [9.17, 15) is 0 Å². The highest BCUT2D eigenvalue weighted by molar-refractivity contribution is 5.54. The summed E-state index contributed by atoms with van der Waals surface area (Å²) in [5, 5.41) is 8.20. The molecular weight excluding hydrogens is 208 g/mol. The molecule has 0 aliphatic heterocycles. The van der Waals surface area contributed by atoms with Crippen LogP contribution in [0.15, 0.2) is 60.2 Å². The van der Waals surface area contributed by atoms with Crippen molar-refractivity contribution in [1.82, 2.24) is 0 Å². The molecule has 2 nitrogen and oxygen atoms in total. The van der Waals surface area contributed by atoms with Gasteiger partial charge in [0.25, 0.3) is 0 Å². The quantitative estimate of drug-likeness (QED) is 0.430. The monoisotopic (exact) mass is 221 g/mol. The van der Waals surface area contributed by atoms with E-state index in [0.29, 0.717) is 0 Å². The van der Waals surface area contributed by atoms with Gasteiger partial charge in [0.05, 0.1) is 0 Å². The number of benzene rings is 1. The molecule has 0 unspecified atom stereocenters. The van der Waals surface area contributed by atoms with Gasteiger partial charge in [0.2, 0.25) is 0 Å². The van der Waals surface area contributed by atoms with Crippen LogP contribution in [0.1, 0.15) is 12.5 Å². The van der Waals surface area contributed by atoms with Crippen LogP contribution in [0.2, 0.25) is 0 Å². The van der Waals surface area contributed by atoms with Crippen molar-refractivity contribution in [3.05, 3.63) is 70.6 Å². The molecule has 0 heterocycles. The molecule has 0 aliphatic carbocycles. The molecule has 0 fully saturated rings. The summed E-state index contributed by atoms with van der Waals surface area (Å²) in [6, 6.07) is 12.6. The van der Waals surface area contributed by atoms with E-state index in [0.717, 1.165) is 11.1 Å². The van der Waals surface area contributed by atoms with Gasteiger partial charge in [0, 0.05) is 6.08 Å². The van der Waals surface area contributed by atoms with E-state index >= 15 is 0 Å². The molecule has 1 aromatic rings. The Labute approximate surface area is 102 Å². The maximum atomic E-state index is 8.20. The van der Waals surface area contributed by atoms with Crippen molar-refractivity contribution in [3.63, 3.8) is 0 Å². The number of hydrogen-bond acceptors (Lipinski definition) is 1. The van der Waals surface area contributed by atoms with Crippen molar-refractivity contribution in [2.24, 2.45) is 0 Å². The van der Waals surface area contributed by atoms with E-state index < -0.39 is 0 Å². The fraction of sp³-hybridized carbons (Fsp3) is 0.0667. The molecule has 0 spiro atoms. The first-order valence-corrected chi connectivity index (χ1v) is 5.27. The van der Waals surface area contributed by atoms with Crippen molar-refractivity contribution in [2.45, 2.75) is 6.92 Å². The lowest BCUT2D eigenvalue weighted by atomic mass is 10.1. The van der Waals surface area contributed by atoms with E-state index in [4.69, 9.17) is 5.26 Å². The summed E-state index contributed by atoms with van der Waals surface area (Å²) in [7, 11) is 0. The highest BCUT2D eigenvalue weighted by atomic mass is 14.6. The lowest BCUT2D eigenvalue weighted by Crippen LogP contribution is -1.72. The molecule has 0 radical (unpaired) electrons. The van der Waals surface area contributed by atoms with E-state index in [1.807, 2.05) is 61.6 Å². The second kappa shape index (κ2) is 7.68. The van der Waals surface area contributed by atoms with Crippen molar-refractivity contribution in [1.29, 1.82) is 5.26 Å². The molecule has 82 valence electrons. The van der Waals surface area contributed by atoms with Crippen LogP contribution in [0.4, 0.5) is 0 Å². The van der Waals surface area contributed by atoms with Crippen LogP contribution < -0.4 is 0 Å². The average Bonchev–Trinajstić information content (AvgIpc) is 2.39. The van der Waals surface area contributed by atoms with Gasteiger partial charge in [0.1, 0.15) is 0 Å². The molecule has 0 aromatic heterocycles. The fourth-order valence-electron chi connectivity index (χ4n) is 1.20. The first kappa shape index (κ1) is 12.5. The molecule has 0 aliphatic rings. The largest absolute Gasteiger partial charge is 0.578 e. The molecule has 0 amide bonds. The Kier molecular flexibility index (Phi) is 5.64. The van der Waals surface area contributed by atoms with Crippen LogP contribution in [0.25, 0.3) is 10.9 Å². The number of allylic oxidation sites excluding steroid dienone is 5. The van der Waals surface area contributed by atoms with Gasteiger partial charge in [-0.05, 0) is 24.1 Å². The molecule has 0 saturated carbocycles. The second-order valence-corrected chi connectivity index (χ2v) is 3.21. The van der Waals surface area contributed by atoms with Gasteiger partial charge in [-0.3, -0.25) is 0 Å². The predicted molar refractivity (Wildman–Crippen MR) is 71.2 cm³/mol. The maximum Gasteiger partial charge on any atom is 0.578 e. The zero-order valence-corrected chi connectivity index (χ0v) is 9.67. The van der Waals surface area contributed by atoms with Crippen LogP contribution in [0, 0.1) is 17.5 Å². The zero-order chi connectivity index (χ0) is 12.3. The predicted octanol–water partition coefficient (Wildman–Crippen LogP) is 4.02. The Balaban J connectivity index is 2.69. The summed E-state index contributed by atoms with van der Waals surface area (Å²) >= 11 is 0. The minimum atomic E-state index is 1.04. The Hall–Kier alpha value is -2.58. The highest BCUT2D eigenvalue weighted by Crippen LogP contribution is 2.06. The standard InChI is InChI=1S/C15H13N2/c1-2-14(9-6-12-17-13-16)10-11-15-7-4-3-5-8-15/h2-11H,1H3/q+1/b9-6-,11-10-,14-2+. The number of rotatable bonds is 3. The van der Waals surface area contributed by atoms with Gasteiger partial charge in [-0.1, -0.05) is 53.4 Å². The summed E-state index contributed by atoms with van der Waals surface area (Å²) in [6.07, 6.45) is 11.1. The SMILES string of the molecule is C/C=C(\C=C/C#[N+]C#N)/C=C\c1ccccc1. The van der Waals surface area contributed by atoms with E-state index in [1.54, 1.807) is 12.3 Å². The minimum absolute atomic E-state index is 1.04. The molecule has 0 N–H and O–H groups in total. The van der Waals surface area contributed by atoms with Gasteiger partial charge >= 0.3 is 6.19 Å². The Bertz CT molecular complexity index is 532. The van der Waals surface area contributed by atoms with Crippen molar-refractivity contribution >= 4 is 6.08 Å². The van der Waals surface area contributed by atoms with E-state index in [-0.39, 0.29) is 0 Å². The molecule has 0 bridgehead atoms. The summed E-state index contributed by atoms with van der Waals surface area (Å²) in [5.41, 5.74) is 2.18. The van der Waals surface area contributed by atoms with E-state index in [2.05, 4.69) is 10.9 Å². The summed E-state index contributed by atoms with van der Waals surface area (Å²) in [4.78, 5) is 3.31. The highest BCUT2D eigenvalue weighted by Gasteiger charge is 1.85. The van der Waals surface area contributed by atoms with Crippen LogP contribution >= 0.6 is 0 Å². The Morgan fingerprint density at radius 2 is 2.00 bits per heavy atom. The minimum Gasteiger partial charge on any atom is -0.0848 e. The molecule has 0 saturated heterocycles. The third-order valence-electron chi connectivity index (χ3n) is 2.07. The van der Waals surface area contributed by atoms with Gasteiger partial charge < -0.3 is 0 Å². The molecule has 17 heavy (non-hydrogen) atoms. The normalized spacial score (nSPS) is 11.2. The summed E-state index contributed by atoms with van der Waals surface area (Å²) in [5.74, 6) is 0. The Morgan fingerprint density at radius 3 is 2.65 bits per heavy atom. The third kappa shape index (κ3) is 5.16. The fourth-order valence-corrected chi connectivity index (χ4v) is 1.20. The topological polar surface area (TPSA) is 28.1 Å². The maximum absolute atomic E-state index is 8.20. The molecule has 2 heteroatoms. The van der Waals surface area contributed by atoms with Crippen molar-refractivity contribution < 1.29 is 0 Å². The Morgan fingerprint density at radius 1 is 1.24 bits per heavy atom. The van der Waals surface area contributed by atoms with Crippen molar-refractivity contribution in [3.8, 4) is 12.3 Å². The van der Waals surface area contributed by atoms with Crippen molar-refractivity contribution in [2.75, 3.05) is 0 Å². The van der Waals surface area contributed by atoms with Gasteiger partial charge in [0.15, 0.2) is 11.3 Å². The molecule has 1 aromatic carbocycles. The molecule has 1 rings (SSSR count). The van der Waals surface area contributed by atoms with Gasteiger partial charge in [-0.2, -0.15) is 0 Å². The van der Waals surface area contributed by atoms with Crippen LogP contribution in [0.3, 0.4) is 0 Å². The molecule has 0 atom stereocenters. The second-order valence-electron chi connectivity index (χ2n) is 3.21. The van der Waals surface area contributed by atoms with Gasteiger partial charge in [-0.15, -0.1) is 0 Å². The summed E-state index contributed by atoms with van der Waals surface area (Å²) < 4.78 is 0. The van der Waals surface area contributed by atoms with Crippen LogP contribution in [-0.2, 0) is 0 Å². The number of nitriles is 1. The average molecular weight is 221 g/mol. The first-order valence-electron chi connectivity index (χ1n) is 5.27. The van der Waals surface area contributed by atoms with E-state index in [1.165, 1.54) is 0 Å². The lowest BCUT2D eigenvalue weighted by Gasteiger charge is -1.92. The first-order chi connectivity index (χ1) is 8.36. The molecular formula is C15H13N2+. The van der Waals surface area contributed by atoms with Gasteiger partial charge in [-0.25, -0.2) is 0 Å². The lowest BCUT2D eigenvalue weighted by molar-refractivity contribution is 1.53.